The zero-order valence-electron chi connectivity index (χ0n) is 7.70. The third-order valence-electron chi connectivity index (χ3n) is 2.41. The molecule has 3 heteroatoms. The van der Waals surface area contributed by atoms with Gasteiger partial charge in [-0.3, -0.25) is 4.79 Å². The molecule has 0 spiro atoms. The summed E-state index contributed by atoms with van der Waals surface area (Å²) in [6.45, 7) is 1.24. The van der Waals surface area contributed by atoms with Gasteiger partial charge in [-0.2, -0.15) is 0 Å². The van der Waals surface area contributed by atoms with Crippen molar-refractivity contribution >= 4 is 17.4 Å². The Bertz CT molecular complexity index is 343. The Morgan fingerprint density at radius 2 is 2.36 bits per heavy atom. The molecule has 0 radical (unpaired) electrons. The third kappa shape index (κ3) is 1.97. The Kier molecular flexibility index (Phi) is 2.85. The van der Waals surface area contributed by atoms with Crippen molar-refractivity contribution in [1.82, 2.24) is 0 Å². The summed E-state index contributed by atoms with van der Waals surface area (Å²) in [6, 6.07) is 7.07. The summed E-state index contributed by atoms with van der Waals surface area (Å²) in [4.78, 5) is 11.9. The summed E-state index contributed by atoms with van der Waals surface area (Å²) >= 11 is 5.81. The highest BCUT2D eigenvalue weighted by molar-refractivity contribution is 6.31. The summed E-state index contributed by atoms with van der Waals surface area (Å²) in [7, 11) is 0. The van der Waals surface area contributed by atoms with Gasteiger partial charge in [0.15, 0.2) is 5.78 Å². The van der Waals surface area contributed by atoms with Gasteiger partial charge in [0.25, 0.3) is 0 Å². The third-order valence-corrected chi connectivity index (χ3v) is 2.64. The van der Waals surface area contributed by atoms with E-state index in [2.05, 4.69) is 0 Å². The molecule has 1 atom stereocenters. The topological polar surface area (TPSA) is 26.3 Å². The predicted molar refractivity (Wildman–Crippen MR) is 54.7 cm³/mol. The lowest BCUT2D eigenvalue weighted by molar-refractivity contribution is 0.0900. The molecule has 1 unspecified atom stereocenters. The zero-order valence-corrected chi connectivity index (χ0v) is 8.46. The lowest BCUT2D eigenvalue weighted by Crippen LogP contribution is -2.14. The highest BCUT2D eigenvalue weighted by Gasteiger charge is 2.24. The van der Waals surface area contributed by atoms with Crippen LogP contribution in [0.5, 0.6) is 0 Å². The maximum atomic E-state index is 11.9. The van der Waals surface area contributed by atoms with Crippen LogP contribution in [0.2, 0.25) is 5.02 Å². The molecule has 1 aromatic rings. The SMILES string of the molecule is O=C(c1cccc(Cl)c1)C1CCOC1. The van der Waals surface area contributed by atoms with E-state index < -0.39 is 0 Å². The Morgan fingerprint density at radius 3 is 3.00 bits per heavy atom. The van der Waals surface area contributed by atoms with Gasteiger partial charge < -0.3 is 4.74 Å². The van der Waals surface area contributed by atoms with Gasteiger partial charge >= 0.3 is 0 Å². The molecule has 74 valence electrons. The van der Waals surface area contributed by atoms with Crippen LogP contribution in [0.1, 0.15) is 16.8 Å². The molecule has 0 N–H and O–H groups in total. The van der Waals surface area contributed by atoms with Gasteiger partial charge in [0.05, 0.1) is 6.61 Å². The predicted octanol–water partition coefficient (Wildman–Crippen LogP) is 2.56. The van der Waals surface area contributed by atoms with Crippen LogP contribution in [0.15, 0.2) is 24.3 Å². The first-order valence-corrected chi connectivity index (χ1v) is 5.02. The Labute approximate surface area is 87.8 Å². The van der Waals surface area contributed by atoms with Crippen molar-refractivity contribution in [3.8, 4) is 0 Å². The van der Waals surface area contributed by atoms with Gasteiger partial charge in [-0.05, 0) is 18.6 Å². The first-order valence-electron chi connectivity index (χ1n) is 4.65. The van der Waals surface area contributed by atoms with E-state index in [0.717, 1.165) is 6.42 Å². The van der Waals surface area contributed by atoms with Crippen LogP contribution in [0.3, 0.4) is 0 Å². The monoisotopic (exact) mass is 210 g/mol. The Balaban J connectivity index is 2.17. The minimum absolute atomic E-state index is 0.0217. The number of hydrogen-bond donors (Lipinski definition) is 0. The van der Waals surface area contributed by atoms with Crippen LogP contribution >= 0.6 is 11.6 Å². The molecule has 0 aromatic heterocycles. The Morgan fingerprint density at radius 1 is 1.50 bits per heavy atom. The normalized spacial score (nSPS) is 21.1. The Hall–Kier alpha value is -0.860. The summed E-state index contributed by atoms with van der Waals surface area (Å²) in [5, 5.41) is 0.606. The fraction of sp³-hybridized carbons (Fsp3) is 0.364. The average Bonchev–Trinajstić information content (AvgIpc) is 2.69. The molecule has 0 saturated carbocycles. The number of ketones is 1. The molecule has 1 saturated heterocycles. The minimum atomic E-state index is 0.0217. The van der Waals surface area contributed by atoms with Crippen LogP contribution in [-0.2, 0) is 4.74 Å². The maximum absolute atomic E-state index is 11.9. The largest absolute Gasteiger partial charge is 0.381 e. The van der Waals surface area contributed by atoms with E-state index in [4.69, 9.17) is 16.3 Å². The smallest absolute Gasteiger partial charge is 0.168 e. The molecule has 0 bridgehead atoms. The number of carbonyl (C=O) groups is 1. The van der Waals surface area contributed by atoms with Gasteiger partial charge in [-0.1, -0.05) is 23.7 Å². The van der Waals surface area contributed by atoms with E-state index in [1.54, 1.807) is 24.3 Å². The number of ether oxygens (including phenoxy) is 1. The summed E-state index contributed by atoms with van der Waals surface area (Å²) in [6.07, 6.45) is 0.825. The van der Waals surface area contributed by atoms with Gasteiger partial charge in [0.1, 0.15) is 0 Å². The van der Waals surface area contributed by atoms with Crippen molar-refractivity contribution in [3.63, 3.8) is 0 Å². The van der Waals surface area contributed by atoms with Gasteiger partial charge in [0, 0.05) is 23.1 Å². The van der Waals surface area contributed by atoms with Crippen molar-refractivity contribution in [2.75, 3.05) is 13.2 Å². The van der Waals surface area contributed by atoms with Crippen LogP contribution in [-0.4, -0.2) is 19.0 Å². The zero-order chi connectivity index (χ0) is 9.97. The van der Waals surface area contributed by atoms with E-state index in [-0.39, 0.29) is 11.7 Å². The van der Waals surface area contributed by atoms with Gasteiger partial charge in [-0.25, -0.2) is 0 Å². The molecule has 1 fully saturated rings. The molecule has 0 aliphatic carbocycles. The van der Waals surface area contributed by atoms with Crippen LogP contribution in [0.4, 0.5) is 0 Å². The summed E-state index contributed by atoms with van der Waals surface area (Å²) in [5.41, 5.74) is 0.688. The number of halogens is 1. The number of rotatable bonds is 2. The number of carbonyl (C=O) groups excluding carboxylic acids is 1. The summed E-state index contributed by atoms with van der Waals surface area (Å²) < 4.78 is 5.18. The number of Topliss-reactive ketones (excluding diaryl/α,β-unsaturated/α-hetero) is 1. The van der Waals surface area contributed by atoms with E-state index >= 15 is 0 Å². The van der Waals surface area contributed by atoms with Crippen LogP contribution < -0.4 is 0 Å². The second-order valence-electron chi connectivity index (χ2n) is 3.44. The van der Waals surface area contributed by atoms with Crippen molar-refractivity contribution in [3.05, 3.63) is 34.9 Å². The van der Waals surface area contributed by atoms with E-state index in [9.17, 15) is 4.79 Å². The minimum Gasteiger partial charge on any atom is -0.381 e. The fourth-order valence-electron chi connectivity index (χ4n) is 1.62. The lowest BCUT2D eigenvalue weighted by Gasteiger charge is -2.06. The maximum Gasteiger partial charge on any atom is 0.168 e. The van der Waals surface area contributed by atoms with Gasteiger partial charge in [0.2, 0.25) is 0 Å². The van der Waals surface area contributed by atoms with Crippen LogP contribution in [0, 0.1) is 5.92 Å². The first kappa shape index (κ1) is 9.69. The summed E-state index contributed by atoms with van der Waals surface area (Å²) in [5.74, 6) is 0.165. The van der Waals surface area contributed by atoms with Crippen molar-refractivity contribution < 1.29 is 9.53 Å². The molecule has 1 aliphatic rings. The quantitative estimate of drug-likeness (QED) is 0.702. The van der Waals surface area contributed by atoms with Crippen molar-refractivity contribution in [1.29, 1.82) is 0 Å². The number of hydrogen-bond acceptors (Lipinski definition) is 2. The molecule has 1 aliphatic heterocycles. The molecule has 2 nitrogen and oxygen atoms in total. The average molecular weight is 211 g/mol. The van der Waals surface area contributed by atoms with E-state index in [1.165, 1.54) is 0 Å². The standard InChI is InChI=1S/C11H11ClO2/c12-10-3-1-2-8(6-10)11(13)9-4-5-14-7-9/h1-3,6,9H,4-5,7H2. The second kappa shape index (κ2) is 4.11. The molecular formula is C11H11ClO2. The highest BCUT2D eigenvalue weighted by atomic mass is 35.5. The lowest BCUT2D eigenvalue weighted by atomic mass is 9.97. The molecule has 1 aromatic carbocycles. The molecule has 2 rings (SSSR count). The first-order chi connectivity index (χ1) is 6.77. The fourth-order valence-corrected chi connectivity index (χ4v) is 1.81. The van der Waals surface area contributed by atoms with E-state index in [1.807, 2.05) is 0 Å². The van der Waals surface area contributed by atoms with E-state index in [0.29, 0.717) is 23.8 Å². The van der Waals surface area contributed by atoms with Gasteiger partial charge in [-0.15, -0.1) is 0 Å². The molecule has 0 amide bonds. The van der Waals surface area contributed by atoms with Crippen molar-refractivity contribution in [2.24, 2.45) is 5.92 Å². The molecule has 14 heavy (non-hydrogen) atoms. The molecular weight excluding hydrogens is 200 g/mol. The molecule has 1 heterocycles. The number of benzene rings is 1. The van der Waals surface area contributed by atoms with Crippen LogP contribution in [0.25, 0.3) is 0 Å². The van der Waals surface area contributed by atoms with Crippen molar-refractivity contribution in [2.45, 2.75) is 6.42 Å². The highest BCUT2D eigenvalue weighted by Crippen LogP contribution is 2.20. The second-order valence-corrected chi connectivity index (χ2v) is 3.87.